The molecule has 2 aromatic heterocycles. The maximum Gasteiger partial charge on any atom is 0.222 e. The van der Waals surface area contributed by atoms with E-state index in [-0.39, 0.29) is 5.54 Å². The maximum absolute atomic E-state index is 5.53. The van der Waals surface area contributed by atoms with Crippen molar-refractivity contribution in [3.63, 3.8) is 0 Å². The van der Waals surface area contributed by atoms with Crippen LogP contribution in [0.2, 0.25) is 0 Å². The van der Waals surface area contributed by atoms with E-state index in [2.05, 4.69) is 10.00 Å². The van der Waals surface area contributed by atoms with Gasteiger partial charge in [0.1, 0.15) is 0 Å². The Hall–Kier alpha value is -1.78. The number of nitrogens with zero attached hydrogens (tertiary/aromatic N) is 3. The summed E-state index contributed by atoms with van der Waals surface area (Å²) in [5, 5.41) is 8.61. The molecule has 0 amide bonds. The van der Waals surface area contributed by atoms with Crippen LogP contribution in [0.25, 0.3) is 11.6 Å². The van der Waals surface area contributed by atoms with Gasteiger partial charge in [0.2, 0.25) is 11.8 Å². The van der Waals surface area contributed by atoms with Crippen molar-refractivity contribution in [2.75, 3.05) is 5.32 Å². The molecular formula is C18H24N4O. The number of hydrogen-bond acceptors (Lipinski definition) is 4. The largest absolute Gasteiger partial charge is 0.461 e. The highest BCUT2D eigenvalue weighted by atomic mass is 16.3. The average molecular weight is 312 g/mol. The lowest BCUT2D eigenvalue weighted by atomic mass is 9.64. The van der Waals surface area contributed by atoms with Crippen LogP contribution in [0.15, 0.2) is 22.8 Å². The third kappa shape index (κ3) is 1.98. The number of aromatic nitrogens is 3. The Morgan fingerprint density at radius 1 is 1.13 bits per heavy atom. The van der Waals surface area contributed by atoms with Crippen LogP contribution >= 0.6 is 0 Å². The van der Waals surface area contributed by atoms with E-state index in [1.54, 1.807) is 6.26 Å². The summed E-state index contributed by atoms with van der Waals surface area (Å²) < 4.78 is 7.77. The SMILES string of the molecule is c1coc(-c2nc3n(n2)C2(CCCCC2)[C@@H]2CCCC[C@@H]2N3)c1. The molecule has 1 N–H and O–H groups in total. The third-order valence-electron chi connectivity index (χ3n) is 6.26. The Balaban J connectivity index is 1.63. The van der Waals surface area contributed by atoms with E-state index in [1.165, 1.54) is 57.8 Å². The summed E-state index contributed by atoms with van der Waals surface area (Å²) in [6.45, 7) is 0. The van der Waals surface area contributed by atoms with Crippen molar-refractivity contribution >= 4 is 5.95 Å². The third-order valence-corrected chi connectivity index (χ3v) is 6.26. The van der Waals surface area contributed by atoms with Crippen LogP contribution in [0.1, 0.15) is 57.8 Å². The molecule has 1 spiro atoms. The number of nitrogens with one attached hydrogen (secondary N) is 1. The molecule has 2 aromatic rings. The molecule has 2 aliphatic carbocycles. The standard InChI is InChI=1S/C18H24N4O/c1-4-10-18(11-5-1)13-7-2-3-8-14(13)19-17-20-16(21-22(17)18)15-9-6-12-23-15/h6,9,12-14H,1-5,7-8,10-11H2,(H,19,20,21)/t13-,14+/m1/s1. The highest BCUT2D eigenvalue weighted by Crippen LogP contribution is 2.51. The molecule has 2 fully saturated rings. The first-order valence-electron chi connectivity index (χ1n) is 9.15. The van der Waals surface area contributed by atoms with Gasteiger partial charge in [-0.1, -0.05) is 32.1 Å². The van der Waals surface area contributed by atoms with E-state index < -0.39 is 0 Å². The molecule has 5 heteroatoms. The van der Waals surface area contributed by atoms with E-state index in [0.717, 1.165) is 17.5 Å². The molecule has 5 nitrogen and oxygen atoms in total. The minimum atomic E-state index is 0.182. The van der Waals surface area contributed by atoms with Gasteiger partial charge in [-0.3, -0.25) is 0 Å². The number of furan rings is 1. The number of rotatable bonds is 1. The predicted molar refractivity (Wildman–Crippen MR) is 88.2 cm³/mol. The molecule has 0 aromatic carbocycles. The fourth-order valence-electron chi connectivity index (χ4n) is 5.24. The summed E-state index contributed by atoms with van der Waals surface area (Å²) in [6.07, 6.45) is 13.5. The van der Waals surface area contributed by atoms with Gasteiger partial charge in [0, 0.05) is 12.0 Å². The van der Waals surface area contributed by atoms with Gasteiger partial charge in [0.05, 0.1) is 11.8 Å². The zero-order chi connectivity index (χ0) is 15.3. The van der Waals surface area contributed by atoms with Crippen LogP contribution in [0.4, 0.5) is 5.95 Å². The first kappa shape index (κ1) is 13.6. The van der Waals surface area contributed by atoms with E-state index >= 15 is 0 Å². The van der Waals surface area contributed by atoms with Gasteiger partial charge in [-0.2, -0.15) is 4.98 Å². The Morgan fingerprint density at radius 2 is 2.00 bits per heavy atom. The lowest BCUT2D eigenvalue weighted by Crippen LogP contribution is -2.55. The van der Waals surface area contributed by atoms with Crippen molar-refractivity contribution in [1.82, 2.24) is 14.8 Å². The molecule has 0 unspecified atom stereocenters. The summed E-state index contributed by atoms with van der Waals surface area (Å²) in [5.74, 6) is 3.15. The first-order chi connectivity index (χ1) is 11.4. The molecule has 23 heavy (non-hydrogen) atoms. The van der Waals surface area contributed by atoms with Crippen LogP contribution in [-0.2, 0) is 5.54 Å². The zero-order valence-corrected chi connectivity index (χ0v) is 13.5. The van der Waals surface area contributed by atoms with Crippen molar-refractivity contribution in [3.05, 3.63) is 18.4 Å². The molecule has 0 saturated heterocycles. The summed E-state index contributed by atoms with van der Waals surface area (Å²) in [5.41, 5.74) is 0.182. The first-order valence-corrected chi connectivity index (χ1v) is 9.15. The van der Waals surface area contributed by atoms with Crippen molar-refractivity contribution in [2.24, 2.45) is 5.92 Å². The fourth-order valence-corrected chi connectivity index (χ4v) is 5.24. The topological polar surface area (TPSA) is 55.9 Å². The fraction of sp³-hybridized carbons (Fsp3) is 0.667. The van der Waals surface area contributed by atoms with E-state index in [0.29, 0.717) is 12.0 Å². The van der Waals surface area contributed by atoms with E-state index in [9.17, 15) is 0 Å². The second kappa shape index (κ2) is 5.11. The lowest BCUT2D eigenvalue weighted by molar-refractivity contribution is 0.0455. The van der Waals surface area contributed by atoms with Crippen LogP contribution < -0.4 is 5.32 Å². The Bertz CT molecular complexity index is 684. The quantitative estimate of drug-likeness (QED) is 0.858. The maximum atomic E-state index is 5.53. The second-order valence-electron chi connectivity index (χ2n) is 7.45. The molecule has 122 valence electrons. The van der Waals surface area contributed by atoms with E-state index in [1.807, 2.05) is 12.1 Å². The smallest absolute Gasteiger partial charge is 0.222 e. The van der Waals surface area contributed by atoms with Crippen LogP contribution in [0.3, 0.4) is 0 Å². The van der Waals surface area contributed by atoms with E-state index in [4.69, 9.17) is 14.5 Å². The highest BCUT2D eigenvalue weighted by Gasteiger charge is 2.51. The predicted octanol–water partition coefficient (Wildman–Crippen LogP) is 4.18. The van der Waals surface area contributed by atoms with Crippen molar-refractivity contribution in [2.45, 2.75) is 69.4 Å². The van der Waals surface area contributed by atoms with Crippen LogP contribution in [0.5, 0.6) is 0 Å². The summed E-state index contributed by atoms with van der Waals surface area (Å²) in [6, 6.07) is 4.42. The summed E-state index contributed by atoms with van der Waals surface area (Å²) in [4.78, 5) is 4.78. The van der Waals surface area contributed by atoms with Gasteiger partial charge < -0.3 is 9.73 Å². The van der Waals surface area contributed by atoms with Gasteiger partial charge in [0.15, 0.2) is 5.76 Å². The minimum Gasteiger partial charge on any atom is -0.461 e. The van der Waals surface area contributed by atoms with Gasteiger partial charge in [0.25, 0.3) is 0 Å². The monoisotopic (exact) mass is 312 g/mol. The summed E-state index contributed by atoms with van der Waals surface area (Å²) >= 11 is 0. The van der Waals surface area contributed by atoms with Crippen molar-refractivity contribution < 1.29 is 4.42 Å². The highest BCUT2D eigenvalue weighted by molar-refractivity contribution is 5.50. The van der Waals surface area contributed by atoms with Gasteiger partial charge in [-0.25, -0.2) is 4.68 Å². The average Bonchev–Trinajstić information content (AvgIpc) is 3.25. The molecule has 3 aliphatic rings. The van der Waals surface area contributed by atoms with Crippen molar-refractivity contribution in [3.8, 4) is 11.6 Å². The molecule has 5 rings (SSSR count). The van der Waals surface area contributed by atoms with Crippen LogP contribution in [0, 0.1) is 5.92 Å². The number of hydrogen-bond donors (Lipinski definition) is 1. The van der Waals surface area contributed by atoms with Crippen molar-refractivity contribution in [1.29, 1.82) is 0 Å². The Morgan fingerprint density at radius 3 is 2.83 bits per heavy atom. The van der Waals surface area contributed by atoms with Gasteiger partial charge in [-0.15, -0.1) is 5.10 Å². The number of fused-ring (bicyclic) bond motifs is 4. The van der Waals surface area contributed by atoms with Gasteiger partial charge >= 0.3 is 0 Å². The molecule has 0 radical (unpaired) electrons. The molecule has 1 aliphatic heterocycles. The lowest BCUT2D eigenvalue weighted by Gasteiger charge is -2.52. The molecule has 2 atom stereocenters. The second-order valence-corrected chi connectivity index (χ2v) is 7.45. The zero-order valence-electron chi connectivity index (χ0n) is 13.5. The molecule has 2 saturated carbocycles. The Kier molecular flexibility index (Phi) is 3.03. The van der Waals surface area contributed by atoms with Crippen LogP contribution in [-0.4, -0.2) is 20.8 Å². The Labute approximate surface area is 136 Å². The molecular weight excluding hydrogens is 288 g/mol. The molecule has 0 bridgehead atoms. The summed E-state index contributed by atoms with van der Waals surface area (Å²) in [7, 11) is 0. The van der Waals surface area contributed by atoms with Gasteiger partial charge in [-0.05, 0) is 37.8 Å². The number of anilines is 1. The minimum absolute atomic E-state index is 0.182. The normalized spacial score (nSPS) is 28.9. The molecule has 3 heterocycles.